The van der Waals surface area contributed by atoms with E-state index in [9.17, 15) is 0 Å². The number of imidazole rings is 1. The molecular formula is C16H20N2. The van der Waals surface area contributed by atoms with Crippen molar-refractivity contribution < 1.29 is 0 Å². The molecule has 1 aliphatic heterocycles. The Labute approximate surface area is 109 Å². The van der Waals surface area contributed by atoms with Gasteiger partial charge in [-0.1, -0.05) is 29.8 Å². The molecule has 0 fully saturated rings. The van der Waals surface area contributed by atoms with Gasteiger partial charge in [0.1, 0.15) is 5.82 Å². The highest BCUT2D eigenvalue weighted by atomic mass is 15.1. The molecule has 0 amide bonds. The van der Waals surface area contributed by atoms with E-state index in [4.69, 9.17) is 4.98 Å². The summed E-state index contributed by atoms with van der Waals surface area (Å²) in [4.78, 5) is 4.86. The molecule has 94 valence electrons. The standard InChI is InChI=1S/C16H20N2/c1-11-7-9-14(10-8-11)16-13(3)18-12(2)5-4-6-15(18)17-16/h7-10,12H,4-6H2,1-3H3. The average Bonchev–Trinajstić information content (AvgIpc) is 2.69. The molecule has 1 aromatic carbocycles. The van der Waals surface area contributed by atoms with Gasteiger partial charge in [-0.25, -0.2) is 4.98 Å². The number of hydrogen-bond acceptors (Lipinski definition) is 1. The maximum Gasteiger partial charge on any atom is 0.109 e. The summed E-state index contributed by atoms with van der Waals surface area (Å²) in [5.74, 6) is 1.27. The van der Waals surface area contributed by atoms with Crippen molar-refractivity contribution in [3.63, 3.8) is 0 Å². The van der Waals surface area contributed by atoms with Crippen LogP contribution >= 0.6 is 0 Å². The van der Waals surface area contributed by atoms with Gasteiger partial charge in [-0.2, -0.15) is 0 Å². The van der Waals surface area contributed by atoms with E-state index in [1.807, 2.05) is 0 Å². The molecule has 1 atom stereocenters. The smallest absolute Gasteiger partial charge is 0.109 e. The highest BCUT2D eigenvalue weighted by molar-refractivity contribution is 5.62. The summed E-state index contributed by atoms with van der Waals surface area (Å²) in [5, 5.41) is 0. The first-order valence-corrected chi connectivity index (χ1v) is 6.81. The van der Waals surface area contributed by atoms with E-state index in [1.54, 1.807) is 0 Å². The molecule has 2 heteroatoms. The van der Waals surface area contributed by atoms with Crippen LogP contribution in [0, 0.1) is 13.8 Å². The van der Waals surface area contributed by atoms with E-state index >= 15 is 0 Å². The first kappa shape index (κ1) is 11.5. The van der Waals surface area contributed by atoms with Crippen LogP contribution in [0.5, 0.6) is 0 Å². The van der Waals surface area contributed by atoms with Gasteiger partial charge in [0.25, 0.3) is 0 Å². The Morgan fingerprint density at radius 2 is 1.89 bits per heavy atom. The molecule has 0 radical (unpaired) electrons. The van der Waals surface area contributed by atoms with Crippen molar-refractivity contribution in [2.75, 3.05) is 0 Å². The SMILES string of the molecule is Cc1ccc(-c2nc3n(c2C)C(C)CCC3)cc1. The highest BCUT2D eigenvalue weighted by Gasteiger charge is 2.22. The van der Waals surface area contributed by atoms with Crippen molar-refractivity contribution in [3.05, 3.63) is 41.3 Å². The second-order valence-corrected chi connectivity index (χ2v) is 5.44. The summed E-state index contributed by atoms with van der Waals surface area (Å²) in [7, 11) is 0. The van der Waals surface area contributed by atoms with E-state index < -0.39 is 0 Å². The molecule has 2 nitrogen and oxygen atoms in total. The molecule has 1 unspecified atom stereocenters. The fourth-order valence-electron chi connectivity index (χ4n) is 3.00. The van der Waals surface area contributed by atoms with Crippen molar-refractivity contribution in [2.24, 2.45) is 0 Å². The molecular weight excluding hydrogens is 220 g/mol. The second-order valence-electron chi connectivity index (χ2n) is 5.44. The van der Waals surface area contributed by atoms with Crippen LogP contribution in [-0.2, 0) is 6.42 Å². The minimum Gasteiger partial charge on any atom is -0.329 e. The highest BCUT2D eigenvalue weighted by Crippen LogP contribution is 2.31. The van der Waals surface area contributed by atoms with E-state index in [1.165, 1.54) is 41.2 Å². The zero-order valence-corrected chi connectivity index (χ0v) is 11.4. The topological polar surface area (TPSA) is 17.8 Å². The minimum atomic E-state index is 0.598. The fraction of sp³-hybridized carbons (Fsp3) is 0.438. The van der Waals surface area contributed by atoms with Crippen LogP contribution in [0.1, 0.15) is 42.9 Å². The zero-order valence-electron chi connectivity index (χ0n) is 11.4. The van der Waals surface area contributed by atoms with Gasteiger partial charge < -0.3 is 4.57 Å². The van der Waals surface area contributed by atoms with Gasteiger partial charge in [0.15, 0.2) is 0 Å². The molecule has 0 saturated heterocycles. The molecule has 1 aliphatic rings. The van der Waals surface area contributed by atoms with Crippen molar-refractivity contribution in [2.45, 2.75) is 46.1 Å². The number of aromatic nitrogens is 2. The Bertz CT molecular complexity index is 564. The van der Waals surface area contributed by atoms with Gasteiger partial charge >= 0.3 is 0 Å². The summed E-state index contributed by atoms with van der Waals surface area (Å²) < 4.78 is 2.43. The normalized spacial score (nSPS) is 18.7. The molecule has 3 rings (SSSR count). The lowest BCUT2D eigenvalue weighted by atomic mass is 10.1. The molecule has 0 bridgehead atoms. The molecule has 0 aliphatic carbocycles. The molecule has 2 aromatic rings. The lowest BCUT2D eigenvalue weighted by Crippen LogP contribution is -2.16. The van der Waals surface area contributed by atoms with Crippen LogP contribution in [0.25, 0.3) is 11.3 Å². The number of nitrogens with zero attached hydrogens (tertiary/aromatic N) is 2. The Morgan fingerprint density at radius 1 is 1.17 bits per heavy atom. The van der Waals surface area contributed by atoms with Gasteiger partial charge in [0.05, 0.1) is 5.69 Å². The van der Waals surface area contributed by atoms with Crippen molar-refractivity contribution in [1.29, 1.82) is 0 Å². The Balaban J connectivity index is 2.11. The summed E-state index contributed by atoms with van der Waals surface area (Å²) in [6, 6.07) is 9.29. The average molecular weight is 240 g/mol. The Kier molecular flexibility index (Phi) is 2.73. The van der Waals surface area contributed by atoms with Crippen LogP contribution in [0.2, 0.25) is 0 Å². The molecule has 0 N–H and O–H groups in total. The van der Waals surface area contributed by atoms with Crippen LogP contribution in [0.4, 0.5) is 0 Å². The third kappa shape index (κ3) is 1.76. The van der Waals surface area contributed by atoms with Gasteiger partial charge in [-0.05, 0) is 33.6 Å². The number of hydrogen-bond donors (Lipinski definition) is 0. The molecule has 0 saturated carbocycles. The van der Waals surface area contributed by atoms with Gasteiger partial charge in [0.2, 0.25) is 0 Å². The van der Waals surface area contributed by atoms with Gasteiger partial charge in [-0.15, -0.1) is 0 Å². The maximum absolute atomic E-state index is 4.86. The van der Waals surface area contributed by atoms with E-state index in [0.29, 0.717) is 6.04 Å². The summed E-state index contributed by atoms with van der Waals surface area (Å²) in [5.41, 5.74) is 5.03. The van der Waals surface area contributed by atoms with Crippen molar-refractivity contribution >= 4 is 0 Å². The first-order valence-electron chi connectivity index (χ1n) is 6.81. The van der Waals surface area contributed by atoms with Crippen LogP contribution in [0.15, 0.2) is 24.3 Å². The van der Waals surface area contributed by atoms with E-state index in [-0.39, 0.29) is 0 Å². The summed E-state index contributed by atoms with van der Waals surface area (Å²) in [6.07, 6.45) is 3.67. The van der Waals surface area contributed by atoms with Crippen LogP contribution in [-0.4, -0.2) is 9.55 Å². The molecule has 0 spiro atoms. The van der Waals surface area contributed by atoms with E-state index in [0.717, 1.165) is 6.42 Å². The zero-order chi connectivity index (χ0) is 12.7. The van der Waals surface area contributed by atoms with Crippen molar-refractivity contribution in [3.8, 4) is 11.3 Å². The Morgan fingerprint density at radius 3 is 2.56 bits per heavy atom. The van der Waals surface area contributed by atoms with Crippen molar-refractivity contribution in [1.82, 2.24) is 9.55 Å². The lowest BCUT2D eigenvalue weighted by molar-refractivity contribution is 0.419. The summed E-state index contributed by atoms with van der Waals surface area (Å²) in [6.45, 7) is 6.63. The molecule has 2 heterocycles. The third-order valence-corrected chi connectivity index (χ3v) is 4.01. The Hall–Kier alpha value is -1.57. The quantitative estimate of drug-likeness (QED) is 0.735. The second kappa shape index (κ2) is 4.27. The summed E-state index contributed by atoms with van der Waals surface area (Å²) >= 11 is 0. The molecule has 18 heavy (non-hydrogen) atoms. The maximum atomic E-state index is 4.86. The van der Waals surface area contributed by atoms with Crippen LogP contribution < -0.4 is 0 Å². The predicted octanol–water partition coefficient (Wildman–Crippen LogP) is 4.06. The largest absolute Gasteiger partial charge is 0.329 e. The lowest BCUT2D eigenvalue weighted by Gasteiger charge is -2.22. The van der Waals surface area contributed by atoms with Gasteiger partial charge in [-0.3, -0.25) is 0 Å². The number of benzene rings is 1. The van der Waals surface area contributed by atoms with Gasteiger partial charge in [0, 0.05) is 23.7 Å². The number of fused-ring (bicyclic) bond motifs is 1. The number of rotatable bonds is 1. The van der Waals surface area contributed by atoms with Crippen LogP contribution in [0.3, 0.4) is 0 Å². The number of aryl methyl sites for hydroxylation is 2. The fourth-order valence-corrected chi connectivity index (χ4v) is 3.00. The molecule has 1 aromatic heterocycles. The predicted molar refractivity (Wildman–Crippen MR) is 74.8 cm³/mol. The monoisotopic (exact) mass is 240 g/mol. The minimum absolute atomic E-state index is 0.598. The van der Waals surface area contributed by atoms with E-state index in [2.05, 4.69) is 49.6 Å². The first-order chi connectivity index (χ1) is 8.66. The third-order valence-electron chi connectivity index (χ3n) is 4.01.